The van der Waals surface area contributed by atoms with Crippen molar-refractivity contribution in [1.82, 2.24) is 4.98 Å². The Morgan fingerprint density at radius 1 is 1.35 bits per heavy atom. The van der Waals surface area contributed by atoms with E-state index in [2.05, 4.69) is 9.72 Å². The number of hydrogen-bond acceptors (Lipinski definition) is 5. The van der Waals surface area contributed by atoms with E-state index >= 15 is 0 Å². The van der Waals surface area contributed by atoms with E-state index in [1.54, 1.807) is 27.7 Å². The number of pyridine rings is 1. The average Bonchev–Trinajstić information content (AvgIpc) is 2.72. The fourth-order valence-corrected chi connectivity index (χ4v) is 1.52. The van der Waals surface area contributed by atoms with Crippen molar-refractivity contribution in [2.75, 3.05) is 20.2 Å². The molecule has 0 spiro atoms. The van der Waals surface area contributed by atoms with Crippen LogP contribution >= 0.6 is 0 Å². The van der Waals surface area contributed by atoms with Crippen molar-refractivity contribution in [3.8, 4) is 5.75 Å². The van der Waals surface area contributed by atoms with E-state index in [1.807, 2.05) is 0 Å². The smallest absolute Gasteiger partial charge is 0.491 e. The minimum absolute atomic E-state index is 0.266. The molecule has 2 heterocycles. The van der Waals surface area contributed by atoms with Crippen molar-refractivity contribution in [2.24, 2.45) is 0 Å². The summed E-state index contributed by atoms with van der Waals surface area (Å²) in [7, 11) is -4.50. The van der Waals surface area contributed by atoms with Gasteiger partial charge in [0.15, 0.2) is 0 Å². The van der Waals surface area contributed by atoms with Gasteiger partial charge >= 0.3 is 7.12 Å². The molecule has 1 fully saturated rings. The molecule has 0 aliphatic carbocycles. The maximum absolute atomic E-state index is 8.28. The van der Waals surface area contributed by atoms with Crippen LogP contribution < -0.4 is 10.3 Å². The van der Waals surface area contributed by atoms with E-state index < -0.39 is 62.5 Å². The second kappa shape index (κ2) is 5.72. The van der Waals surface area contributed by atoms with Gasteiger partial charge in [0.2, 0.25) is 0 Å². The number of ether oxygens (including phenoxy) is 2. The van der Waals surface area contributed by atoms with Gasteiger partial charge in [-0.1, -0.05) is 0 Å². The molecule has 1 aliphatic rings. The van der Waals surface area contributed by atoms with Crippen molar-refractivity contribution in [3.63, 3.8) is 0 Å². The Kier molecular flexibility index (Phi) is 1.93. The van der Waals surface area contributed by atoms with Crippen molar-refractivity contribution in [3.05, 3.63) is 18.3 Å². The zero-order chi connectivity index (χ0) is 23.5. The first kappa shape index (κ1) is 6.77. The van der Waals surface area contributed by atoms with E-state index in [1.165, 1.54) is 0 Å². The predicted octanol–water partition coefficient (Wildman–Crippen LogP) is 1.41. The molecule has 0 radical (unpaired) electrons. The van der Waals surface area contributed by atoms with E-state index in [-0.39, 0.29) is 5.59 Å². The van der Waals surface area contributed by atoms with Gasteiger partial charge in [-0.05, 0) is 39.8 Å². The number of methoxy groups -OCH3 is 1. The summed E-state index contributed by atoms with van der Waals surface area (Å²) >= 11 is 0. The monoisotopic (exact) mass is 289 g/mol. The minimum Gasteiger partial charge on any atom is -0.491 e. The van der Waals surface area contributed by atoms with Crippen LogP contribution in [0.15, 0.2) is 18.3 Å². The summed E-state index contributed by atoms with van der Waals surface area (Å²) in [6, 6.07) is -1.46. The molecule has 0 atom stereocenters. The molecule has 5 nitrogen and oxygen atoms in total. The summed E-state index contributed by atoms with van der Waals surface area (Å²) < 4.78 is 96.4. The highest BCUT2D eigenvalue weighted by atomic mass is 16.7. The zero-order valence-corrected chi connectivity index (χ0v) is 11.7. The minimum atomic E-state index is -3.48. The second-order valence-electron chi connectivity index (χ2n) is 5.18. The quantitative estimate of drug-likeness (QED) is 0.767. The molecule has 1 aromatic rings. The molecular formula is C14H22BNO4. The first-order valence-corrected chi connectivity index (χ1v) is 5.93. The maximum Gasteiger partial charge on any atom is 0.514 e. The van der Waals surface area contributed by atoms with Crippen LogP contribution in [0.5, 0.6) is 5.75 Å². The Morgan fingerprint density at radius 3 is 2.70 bits per heavy atom. The van der Waals surface area contributed by atoms with Crippen LogP contribution in [0.2, 0.25) is 0 Å². The molecular weight excluding hydrogens is 257 g/mol. The lowest BCUT2D eigenvalue weighted by Crippen LogP contribution is -2.41. The van der Waals surface area contributed by atoms with E-state index in [9.17, 15) is 0 Å². The van der Waals surface area contributed by atoms with E-state index in [0.29, 0.717) is 0 Å². The molecule has 2 rings (SSSR count). The fourth-order valence-electron chi connectivity index (χ4n) is 1.52. The summed E-state index contributed by atoms with van der Waals surface area (Å²) in [5.41, 5.74) is -1.89. The topological polar surface area (TPSA) is 49.8 Å². The Balaban J connectivity index is 2.48. The van der Waals surface area contributed by atoms with E-state index in [0.717, 1.165) is 0 Å². The lowest BCUT2D eigenvalue weighted by molar-refractivity contribution is 0.00578. The molecule has 1 saturated heterocycles. The molecule has 0 amide bonds. The van der Waals surface area contributed by atoms with Gasteiger partial charge in [-0.25, -0.2) is 0 Å². The summed E-state index contributed by atoms with van der Waals surface area (Å²) in [5.74, 6) is -0.831. The van der Waals surface area contributed by atoms with Gasteiger partial charge in [0.25, 0.3) is 0 Å². The van der Waals surface area contributed by atoms with Crippen LogP contribution in [0.25, 0.3) is 0 Å². The highest BCUT2D eigenvalue weighted by Crippen LogP contribution is 2.36. The lowest BCUT2D eigenvalue weighted by Gasteiger charge is -2.32. The van der Waals surface area contributed by atoms with E-state index in [4.69, 9.17) is 27.8 Å². The van der Waals surface area contributed by atoms with Gasteiger partial charge in [0.05, 0.1) is 37.1 Å². The first-order valence-electron chi connectivity index (χ1n) is 10.9. The van der Waals surface area contributed by atoms with Crippen molar-refractivity contribution >= 4 is 12.7 Å². The number of hydrogen-bond donors (Lipinski definition) is 0. The fraction of sp³-hybridized carbons (Fsp3) is 0.643. The van der Waals surface area contributed by atoms with Gasteiger partial charge < -0.3 is 18.8 Å². The molecule has 0 saturated carbocycles. The average molecular weight is 289 g/mol. The summed E-state index contributed by atoms with van der Waals surface area (Å²) in [4.78, 5) is 3.82. The maximum atomic E-state index is 8.28. The molecule has 0 N–H and O–H groups in total. The second-order valence-corrected chi connectivity index (χ2v) is 5.18. The third kappa shape index (κ3) is 3.14. The van der Waals surface area contributed by atoms with Crippen LogP contribution in [0.1, 0.15) is 41.4 Å². The third-order valence-electron chi connectivity index (χ3n) is 3.31. The van der Waals surface area contributed by atoms with Gasteiger partial charge in [-0.3, -0.25) is 4.98 Å². The van der Waals surface area contributed by atoms with Gasteiger partial charge in [0.1, 0.15) is 12.3 Å². The van der Waals surface area contributed by atoms with Crippen LogP contribution in [0.4, 0.5) is 0 Å². The summed E-state index contributed by atoms with van der Waals surface area (Å²) in [5, 5.41) is 0. The highest BCUT2D eigenvalue weighted by molar-refractivity contribution is 6.61. The van der Waals surface area contributed by atoms with Gasteiger partial charge in [-0.2, -0.15) is 0 Å². The van der Waals surface area contributed by atoms with Crippen LogP contribution in [0.3, 0.4) is 0 Å². The molecule has 0 bridgehead atoms. The van der Waals surface area contributed by atoms with Crippen LogP contribution in [0, 0.1) is 0 Å². The highest BCUT2D eigenvalue weighted by Gasteiger charge is 2.52. The van der Waals surface area contributed by atoms with Crippen molar-refractivity contribution in [2.45, 2.75) is 38.9 Å². The zero-order valence-electron chi connectivity index (χ0n) is 21.7. The van der Waals surface area contributed by atoms with Gasteiger partial charge in [0, 0.05) is 13.2 Å². The Labute approximate surface area is 134 Å². The van der Waals surface area contributed by atoms with Gasteiger partial charge in [-0.15, -0.1) is 0 Å². The standard InChI is InChI=1S/C14H22BNO4/c1-13(2)14(3,4)20-15(19-13)12-10-11(6-7-16-12)18-9-8-17-5/h6-7,10H,8-9H2,1-5H3/i5D3,6D,7D,8D2,9D2,10D. The van der Waals surface area contributed by atoms with Crippen molar-refractivity contribution in [1.29, 1.82) is 0 Å². The normalized spacial score (nSPS) is 29.5. The number of rotatable bonds is 5. The largest absolute Gasteiger partial charge is 0.514 e. The van der Waals surface area contributed by atoms with Crippen molar-refractivity contribution < 1.29 is 32.5 Å². The molecule has 0 aromatic carbocycles. The number of nitrogens with zero attached hydrogens (tertiary/aromatic N) is 1. The Morgan fingerprint density at radius 2 is 2.05 bits per heavy atom. The molecule has 20 heavy (non-hydrogen) atoms. The molecule has 1 aliphatic heterocycles. The molecule has 6 heteroatoms. The third-order valence-corrected chi connectivity index (χ3v) is 3.31. The molecule has 0 unspecified atom stereocenters. The SMILES string of the molecule is [2H]c1nc(B2OC(C)(C)C(C)(C)O2)c([2H])c(OC([2H])([2H])C([2H])([2H])OC([2H])([2H])[2H])c1[2H]. The number of aromatic nitrogens is 1. The predicted molar refractivity (Wildman–Crippen MR) is 77.3 cm³/mol. The van der Waals surface area contributed by atoms with Crippen LogP contribution in [-0.4, -0.2) is 43.5 Å². The summed E-state index contributed by atoms with van der Waals surface area (Å²) in [6.45, 7) is 0.0599. The Hall–Kier alpha value is -1.11. The summed E-state index contributed by atoms with van der Waals surface area (Å²) in [6.07, 6.45) is -0.696. The molecule has 1 aromatic heterocycles. The first-order chi connectivity index (χ1) is 13.2. The molecule has 110 valence electrons. The Bertz CT molecular complexity index is 814. The lowest BCUT2D eigenvalue weighted by atomic mass is 9.84. The van der Waals surface area contributed by atoms with Crippen LogP contribution in [-0.2, 0) is 14.0 Å².